The van der Waals surface area contributed by atoms with Crippen molar-refractivity contribution in [3.05, 3.63) is 59.8 Å². The lowest BCUT2D eigenvalue weighted by Gasteiger charge is -2.25. The molecule has 0 radical (unpaired) electrons. The van der Waals surface area contributed by atoms with Crippen LogP contribution in [0.4, 0.5) is 4.39 Å². The zero-order valence-corrected chi connectivity index (χ0v) is 11.4. The number of benzene rings is 1. The van der Waals surface area contributed by atoms with Gasteiger partial charge in [0.1, 0.15) is 17.6 Å². The van der Waals surface area contributed by atoms with Gasteiger partial charge in [-0.2, -0.15) is 0 Å². The topological polar surface area (TPSA) is 42.7 Å². The van der Waals surface area contributed by atoms with Crippen LogP contribution in [0.1, 0.15) is 17.4 Å². The first kappa shape index (κ1) is 14.3. The predicted octanol–water partition coefficient (Wildman–Crippen LogP) is 2.76. The lowest BCUT2D eigenvalue weighted by atomic mass is 10.1. The molecule has 2 rings (SSSR count). The Morgan fingerprint density at radius 3 is 2.60 bits per heavy atom. The third kappa shape index (κ3) is 3.24. The molecule has 106 valence electrons. The van der Waals surface area contributed by atoms with Crippen molar-refractivity contribution in [3.63, 3.8) is 0 Å². The second-order valence-corrected chi connectivity index (χ2v) is 4.47. The molecule has 0 spiro atoms. The maximum absolute atomic E-state index is 13.0. The van der Waals surface area contributed by atoms with Gasteiger partial charge in [-0.1, -0.05) is 12.1 Å². The van der Waals surface area contributed by atoms with Crippen LogP contribution in [0, 0.1) is 5.82 Å². The molecule has 1 aromatic heterocycles. The smallest absolute Gasteiger partial charge is 0.327 e. The van der Waals surface area contributed by atoms with E-state index >= 15 is 0 Å². The molecule has 20 heavy (non-hydrogen) atoms. The maximum atomic E-state index is 13.0. The number of rotatable bonds is 5. The van der Waals surface area contributed by atoms with Crippen molar-refractivity contribution in [3.8, 4) is 0 Å². The van der Waals surface area contributed by atoms with Crippen LogP contribution in [0.5, 0.6) is 0 Å². The minimum atomic E-state index is -0.606. The quantitative estimate of drug-likeness (QED) is 0.788. The van der Waals surface area contributed by atoms with Crippen molar-refractivity contribution >= 4 is 5.97 Å². The van der Waals surface area contributed by atoms with E-state index in [2.05, 4.69) is 0 Å². The molecule has 2 aromatic rings. The van der Waals surface area contributed by atoms with Crippen LogP contribution in [0.25, 0.3) is 0 Å². The molecule has 1 atom stereocenters. The number of carbonyl (C=O) groups is 1. The Hall–Kier alpha value is -2.14. The Balaban J connectivity index is 2.22. The maximum Gasteiger partial charge on any atom is 0.327 e. The van der Waals surface area contributed by atoms with E-state index in [1.165, 1.54) is 19.2 Å². The van der Waals surface area contributed by atoms with Gasteiger partial charge >= 0.3 is 5.97 Å². The Labute approximate surface area is 116 Å². The normalized spacial score (nSPS) is 12.4. The largest absolute Gasteiger partial charge is 0.468 e. The van der Waals surface area contributed by atoms with E-state index in [1.807, 2.05) is 6.07 Å². The number of hydrogen-bond acceptors (Lipinski definition) is 4. The first-order chi connectivity index (χ1) is 9.61. The van der Waals surface area contributed by atoms with Crippen LogP contribution in [0.15, 0.2) is 47.1 Å². The summed E-state index contributed by atoms with van der Waals surface area (Å²) in [7, 11) is 3.12. The Kier molecular flexibility index (Phi) is 4.53. The summed E-state index contributed by atoms with van der Waals surface area (Å²) in [5.41, 5.74) is 0.673. The van der Waals surface area contributed by atoms with E-state index in [0.29, 0.717) is 12.1 Å². The van der Waals surface area contributed by atoms with Gasteiger partial charge in [0.25, 0.3) is 0 Å². The lowest BCUT2D eigenvalue weighted by molar-refractivity contribution is -0.147. The molecule has 5 heteroatoms. The standard InChI is InChI=1S/C15H16FNO3/c1-17(10-13-4-3-9-20-13)14(15(18)19-2)11-5-7-12(16)8-6-11/h3-9,14H,10H2,1-2H3/t14-/m0/s1. The molecule has 0 amide bonds. The minimum absolute atomic E-state index is 0.342. The van der Waals surface area contributed by atoms with Gasteiger partial charge in [0.2, 0.25) is 0 Å². The average molecular weight is 277 g/mol. The molecular formula is C15H16FNO3. The molecule has 0 aliphatic carbocycles. The van der Waals surface area contributed by atoms with Crippen molar-refractivity contribution in [2.45, 2.75) is 12.6 Å². The molecule has 0 N–H and O–H groups in total. The summed E-state index contributed by atoms with van der Waals surface area (Å²) >= 11 is 0. The van der Waals surface area contributed by atoms with Crippen LogP contribution < -0.4 is 0 Å². The summed E-state index contributed by atoms with van der Waals surface area (Å²) in [6.07, 6.45) is 1.58. The molecule has 0 bridgehead atoms. The van der Waals surface area contributed by atoms with Gasteiger partial charge in [0, 0.05) is 0 Å². The fraction of sp³-hybridized carbons (Fsp3) is 0.267. The highest BCUT2D eigenvalue weighted by molar-refractivity contribution is 5.77. The van der Waals surface area contributed by atoms with Crippen molar-refractivity contribution < 1.29 is 18.3 Å². The van der Waals surface area contributed by atoms with Gasteiger partial charge in [0.05, 0.1) is 19.9 Å². The first-order valence-electron chi connectivity index (χ1n) is 6.17. The molecule has 0 unspecified atom stereocenters. The highest BCUT2D eigenvalue weighted by Crippen LogP contribution is 2.23. The number of furan rings is 1. The summed E-state index contributed by atoms with van der Waals surface area (Å²) in [6, 6.07) is 8.82. The van der Waals surface area contributed by atoms with Crippen LogP contribution in [0.3, 0.4) is 0 Å². The van der Waals surface area contributed by atoms with Crippen LogP contribution >= 0.6 is 0 Å². The molecule has 1 heterocycles. The average Bonchev–Trinajstić information content (AvgIpc) is 2.94. The number of carbonyl (C=O) groups excluding carboxylic acids is 1. The van der Waals surface area contributed by atoms with E-state index in [1.54, 1.807) is 36.4 Å². The van der Waals surface area contributed by atoms with Gasteiger partial charge in [-0.15, -0.1) is 0 Å². The molecular weight excluding hydrogens is 261 g/mol. The first-order valence-corrected chi connectivity index (χ1v) is 6.17. The summed E-state index contributed by atoms with van der Waals surface area (Å²) in [5.74, 6) is 0.000215. The number of esters is 1. The second-order valence-electron chi connectivity index (χ2n) is 4.47. The number of nitrogens with zero attached hydrogens (tertiary/aromatic N) is 1. The Bertz CT molecular complexity index is 551. The van der Waals surface area contributed by atoms with Crippen molar-refractivity contribution in [2.24, 2.45) is 0 Å². The summed E-state index contributed by atoms with van der Waals surface area (Å²) < 4.78 is 23.1. The second kappa shape index (κ2) is 6.34. The molecule has 1 aromatic carbocycles. The molecule has 0 aliphatic heterocycles. The summed E-state index contributed by atoms with van der Waals surface area (Å²) in [6.45, 7) is 0.449. The van der Waals surface area contributed by atoms with Gasteiger partial charge in [0.15, 0.2) is 0 Å². The van der Waals surface area contributed by atoms with Crippen molar-refractivity contribution in [1.82, 2.24) is 4.90 Å². The summed E-state index contributed by atoms with van der Waals surface area (Å²) in [4.78, 5) is 13.8. The fourth-order valence-corrected chi connectivity index (χ4v) is 2.07. The zero-order valence-electron chi connectivity index (χ0n) is 11.4. The summed E-state index contributed by atoms with van der Waals surface area (Å²) in [5, 5.41) is 0. The van der Waals surface area contributed by atoms with Crippen LogP contribution in [-0.4, -0.2) is 25.0 Å². The molecule has 0 fully saturated rings. The van der Waals surface area contributed by atoms with Crippen LogP contribution in [-0.2, 0) is 16.1 Å². The van der Waals surface area contributed by atoms with Gasteiger partial charge in [-0.25, -0.2) is 9.18 Å². The SMILES string of the molecule is COC(=O)[C@H](c1ccc(F)cc1)N(C)Cc1ccco1. The molecule has 0 aliphatic rings. The lowest BCUT2D eigenvalue weighted by Crippen LogP contribution is -2.31. The monoisotopic (exact) mass is 277 g/mol. The highest BCUT2D eigenvalue weighted by atomic mass is 19.1. The fourth-order valence-electron chi connectivity index (χ4n) is 2.07. The minimum Gasteiger partial charge on any atom is -0.468 e. The third-order valence-corrected chi connectivity index (χ3v) is 3.04. The third-order valence-electron chi connectivity index (χ3n) is 3.04. The number of hydrogen-bond donors (Lipinski definition) is 0. The number of likely N-dealkylation sites (N-methyl/N-ethyl adjacent to an activating group) is 1. The van der Waals surface area contributed by atoms with E-state index < -0.39 is 12.0 Å². The van der Waals surface area contributed by atoms with Crippen LogP contribution in [0.2, 0.25) is 0 Å². The number of halogens is 1. The van der Waals surface area contributed by atoms with Crippen molar-refractivity contribution in [2.75, 3.05) is 14.2 Å². The van der Waals surface area contributed by atoms with E-state index in [4.69, 9.17) is 9.15 Å². The molecule has 0 saturated heterocycles. The van der Waals surface area contributed by atoms with E-state index in [0.717, 1.165) is 5.76 Å². The number of ether oxygens (including phenoxy) is 1. The highest BCUT2D eigenvalue weighted by Gasteiger charge is 2.26. The molecule has 0 saturated carbocycles. The number of methoxy groups -OCH3 is 1. The van der Waals surface area contributed by atoms with Crippen molar-refractivity contribution in [1.29, 1.82) is 0 Å². The zero-order chi connectivity index (χ0) is 14.5. The van der Waals surface area contributed by atoms with Gasteiger partial charge < -0.3 is 9.15 Å². The molecule has 4 nitrogen and oxygen atoms in total. The van der Waals surface area contributed by atoms with E-state index in [-0.39, 0.29) is 5.82 Å². The van der Waals surface area contributed by atoms with Gasteiger partial charge in [-0.3, -0.25) is 4.90 Å². The Morgan fingerprint density at radius 2 is 2.05 bits per heavy atom. The van der Waals surface area contributed by atoms with E-state index in [9.17, 15) is 9.18 Å². The predicted molar refractivity (Wildman–Crippen MR) is 71.3 cm³/mol. The Morgan fingerprint density at radius 1 is 1.35 bits per heavy atom. The van der Waals surface area contributed by atoms with Gasteiger partial charge in [-0.05, 0) is 36.9 Å².